The number of nitrogens with zero attached hydrogens (tertiary/aromatic N) is 3. The zero-order chi connectivity index (χ0) is 18.8. The summed E-state index contributed by atoms with van der Waals surface area (Å²) < 4.78 is 51.5. The molecule has 1 saturated heterocycles. The molecule has 1 heterocycles. The maximum Gasteiger partial charge on any atom is 0.419 e. The molecule has 0 aromatic heterocycles. The lowest BCUT2D eigenvalue weighted by Crippen LogP contribution is -2.51. The van der Waals surface area contributed by atoms with Crippen molar-refractivity contribution in [2.45, 2.75) is 51.4 Å². The van der Waals surface area contributed by atoms with Crippen molar-refractivity contribution in [2.75, 3.05) is 0 Å². The van der Waals surface area contributed by atoms with Crippen molar-refractivity contribution in [2.24, 2.45) is 21.5 Å². The number of hydrogen-bond acceptors (Lipinski definition) is 1. The first kappa shape index (κ1) is 22.0. The van der Waals surface area contributed by atoms with Crippen LogP contribution in [0.25, 0.3) is 0 Å². The SMILES string of the molecule is CC1CCCC(C)N1C(N)=NC(N)=Nc1ccc(F)c(C(F)(F)F)c1.Cl. The smallest absolute Gasteiger partial charge is 0.369 e. The third kappa shape index (κ3) is 5.23. The van der Waals surface area contributed by atoms with E-state index in [-0.39, 0.29) is 42.1 Å². The molecule has 2 unspecified atom stereocenters. The number of aliphatic imine (C=N–C) groups is 2. The molecule has 0 aliphatic carbocycles. The molecule has 10 heteroatoms. The number of piperidine rings is 1. The minimum Gasteiger partial charge on any atom is -0.369 e. The third-order valence-electron chi connectivity index (χ3n) is 4.19. The first-order chi connectivity index (χ1) is 11.6. The predicted octanol–water partition coefficient (Wildman–Crippen LogP) is 3.79. The zero-order valence-electron chi connectivity index (χ0n) is 14.4. The molecule has 4 N–H and O–H groups in total. The van der Waals surface area contributed by atoms with E-state index in [0.29, 0.717) is 12.1 Å². The fraction of sp³-hybridized carbons (Fsp3) is 0.500. The van der Waals surface area contributed by atoms with E-state index in [9.17, 15) is 17.6 Å². The van der Waals surface area contributed by atoms with Crippen molar-refractivity contribution in [3.63, 3.8) is 0 Å². The molecule has 2 atom stereocenters. The summed E-state index contributed by atoms with van der Waals surface area (Å²) in [5.41, 5.74) is 10.1. The van der Waals surface area contributed by atoms with Gasteiger partial charge in [-0.05, 0) is 51.3 Å². The van der Waals surface area contributed by atoms with Gasteiger partial charge in [0.25, 0.3) is 0 Å². The number of nitrogens with two attached hydrogens (primary N) is 2. The summed E-state index contributed by atoms with van der Waals surface area (Å²) in [7, 11) is 0. The Morgan fingerprint density at radius 1 is 1.15 bits per heavy atom. The fourth-order valence-electron chi connectivity index (χ4n) is 3.01. The van der Waals surface area contributed by atoms with Crippen LogP contribution in [0.1, 0.15) is 38.7 Å². The molecule has 0 radical (unpaired) electrons. The molecule has 0 saturated carbocycles. The number of likely N-dealkylation sites (tertiary alicyclic amines) is 1. The average molecular weight is 396 g/mol. The first-order valence-corrected chi connectivity index (χ1v) is 7.93. The average Bonchev–Trinajstić information content (AvgIpc) is 2.47. The third-order valence-corrected chi connectivity index (χ3v) is 4.19. The van der Waals surface area contributed by atoms with E-state index in [2.05, 4.69) is 9.98 Å². The van der Waals surface area contributed by atoms with E-state index in [0.717, 1.165) is 25.3 Å². The molecule has 2 rings (SSSR count). The number of alkyl halides is 3. The van der Waals surface area contributed by atoms with Gasteiger partial charge in [-0.3, -0.25) is 0 Å². The summed E-state index contributed by atoms with van der Waals surface area (Å²) in [5.74, 6) is -1.50. The number of guanidine groups is 2. The van der Waals surface area contributed by atoms with Gasteiger partial charge in [-0.1, -0.05) is 0 Å². The van der Waals surface area contributed by atoms with Crippen LogP contribution in [0.3, 0.4) is 0 Å². The van der Waals surface area contributed by atoms with Crippen molar-refractivity contribution in [1.82, 2.24) is 4.90 Å². The molecule has 1 aromatic rings. The molecule has 1 aromatic carbocycles. The van der Waals surface area contributed by atoms with E-state index in [1.54, 1.807) is 0 Å². The molecule has 0 bridgehead atoms. The predicted molar refractivity (Wildman–Crippen MR) is 96.2 cm³/mol. The highest BCUT2D eigenvalue weighted by atomic mass is 35.5. The molecule has 1 aliphatic heterocycles. The fourth-order valence-corrected chi connectivity index (χ4v) is 3.01. The summed E-state index contributed by atoms with van der Waals surface area (Å²) in [4.78, 5) is 9.69. The van der Waals surface area contributed by atoms with Gasteiger partial charge in [0.05, 0.1) is 11.3 Å². The quantitative estimate of drug-likeness (QED) is 0.431. The summed E-state index contributed by atoms with van der Waals surface area (Å²) >= 11 is 0. The largest absolute Gasteiger partial charge is 0.419 e. The van der Waals surface area contributed by atoms with Crippen LogP contribution in [-0.4, -0.2) is 28.9 Å². The van der Waals surface area contributed by atoms with E-state index in [4.69, 9.17) is 11.5 Å². The minimum atomic E-state index is -4.81. The van der Waals surface area contributed by atoms with Gasteiger partial charge in [0.1, 0.15) is 5.82 Å². The zero-order valence-corrected chi connectivity index (χ0v) is 15.2. The van der Waals surface area contributed by atoms with Gasteiger partial charge in [0, 0.05) is 12.1 Å². The van der Waals surface area contributed by atoms with Crippen LogP contribution in [0.15, 0.2) is 28.2 Å². The number of rotatable bonds is 1. The van der Waals surface area contributed by atoms with Crippen LogP contribution in [0, 0.1) is 5.82 Å². The molecule has 5 nitrogen and oxygen atoms in total. The van der Waals surface area contributed by atoms with E-state index >= 15 is 0 Å². The number of hydrogen-bond donors (Lipinski definition) is 2. The lowest BCUT2D eigenvalue weighted by Gasteiger charge is -2.39. The molecule has 26 heavy (non-hydrogen) atoms. The number of halogens is 5. The van der Waals surface area contributed by atoms with Crippen molar-refractivity contribution >= 4 is 30.0 Å². The number of benzene rings is 1. The maximum absolute atomic E-state index is 13.3. The second-order valence-corrected chi connectivity index (χ2v) is 6.14. The van der Waals surface area contributed by atoms with E-state index in [1.165, 1.54) is 0 Å². The lowest BCUT2D eigenvalue weighted by atomic mass is 9.98. The van der Waals surface area contributed by atoms with Crippen molar-refractivity contribution in [1.29, 1.82) is 0 Å². The monoisotopic (exact) mass is 395 g/mol. The van der Waals surface area contributed by atoms with Crippen LogP contribution in [0.4, 0.5) is 23.2 Å². The van der Waals surface area contributed by atoms with Crippen LogP contribution in [0.5, 0.6) is 0 Å². The van der Waals surface area contributed by atoms with Crippen LogP contribution in [0.2, 0.25) is 0 Å². The summed E-state index contributed by atoms with van der Waals surface area (Å²) in [6, 6.07) is 2.73. The van der Waals surface area contributed by atoms with Gasteiger partial charge in [0.2, 0.25) is 5.96 Å². The van der Waals surface area contributed by atoms with Gasteiger partial charge in [-0.25, -0.2) is 9.38 Å². The molecule has 146 valence electrons. The highest BCUT2D eigenvalue weighted by molar-refractivity contribution is 5.94. The Bertz CT molecular complexity index is 680. The Labute approximate surface area is 155 Å². The molecular formula is C16H22ClF4N5. The summed E-state index contributed by atoms with van der Waals surface area (Å²) in [5, 5.41) is 0. The van der Waals surface area contributed by atoms with Crippen molar-refractivity contribution < 1.29 is 17.6 Å². The highest BCUT2D eigenvalue weighted by Crippen LogP contribution is 2.33. The van der Waals surface area contributed by atoms with Crippen molar-refractivity contribution in [3.05, 3.63) is 29.6 Å². The minimum absolute atomic E-state index is 0. The van der Waals surface area contributed by atoms with Gasteiger partial charge in [-0.2, -0.15) is 18.2 Å². The Balaban J connectivity index is 0.00000338. The van der Waals surface area contributed by atoms with Crippen LogP contribution >= 0.6 is 12.4 Å². The molecular weight excluding hydrogens is 374 g/mol. The van der Waals surface area contributed by atoms with E-state index in [1.807, 2.05) is 18.7 Å². The van der Waals surface area contributed by atoms with E-state index < -0.39 is 17.6 Å². The topological polar surface area (TPSA) is 80.0 Å². The lowest BCUT2D eigenvalue weighted by molar-refractivity contribution is -0.139. The molecule has 0 spiro atoms. The first-order valence-electron chi connectivity index (χ1n) is 7.93. The van der Waals surface area contributed by atoms with Gasteiger partial charge in [0.15, 0.2) is 5.96 Å². The Kier molecular flexibility index (Phi) is 7.25. The molecule has 1 aliphatic rings. The normalized spacial score (nSPS) is 22.2. The second kappa shape index (κ2) is 8.57. The van der Waals surface area contributed by atoms with Gasteiger partial charge in [-0.15, -0.1) is 12.4 Å². The van der Waals surface area contributed by atoms with Crippen LogP contribution < -0.4 is 11.5 Å². The second-order valence-electron chi connectivity index (χ2n) is 6.14. The standard InChI is InChI=1S/C16H21F4N5.ClH/c1-9-4-3-5-10(2)25(9)15(22)24-14(21)23-11-6-7-13(17)12(8-11)16(18,19)20;/h6-10H,3-5H2,1-2H3,(H4,21,22,23,24);1H. The summed E-state index contributed by atoms with van der Waals surface area (Å²) in [6.45, 7) is 4.03. The molecule has 1 fully saturated rings. The maximum atomic E-state index is 13.3. The van der Waals surface area contributed by atoms with Crippen LogP contribution in [-0.2, 0) is 6.18 Å². The Morgan fingerprint density at radius 3 is 2.27 bits per heavy atom. The Hall–Kier alpha value is -2.03. The summed E-state index contributed by atoms with van der Waals surface area (Å²) in [6.07, 6.45) is -1.80. The van der Waals surface area contributed by atoms with Crippen molar-refractivity contribution in [3.8, 4) is 0 Å². The highest BCUT2D eigenvalue weighted by Gasteiger charge is 2.34. The molecule has 0 amide bonds. The van der Waals surface area contributed by atoms with Gasteiger partial charge >= 0.3 is 6.18 Å². The van der Waals surface area contributed by atoms with Gasteiger partial charge < -0.3 is 16.4 Å². The Morgan fingerprint density at radius 2 is 1.73 bits per heavy atom.